The van der Waals surface area contributed by atoms with Crippen molar-refractivity contribution in [2.24, 2.45) is 0 Å². The highest BCUT2D eigenvalue weighted by atomic mass is 35.5. The lowest BCUT2D eigenvalue weighted by atomic mass is 9.96. The number of benzene rings is 1. The lowest BCUT2D eigenvalue weighted by Crippen LogP contribution is -2.10. The predicted octanol–water partition coefficient (Wildman–Crippen LogP) is 3.48. The Bertz CT molecular complexity index is 721. The quantitative estimate of drug-likeness (QED) is 0.883. The van der Waals surface area contributed by atoms with Crippen LogP contribution in [0.3, 0.4) is 0 Å². The van der Waals surface area contributed by atoms with Crippen LogP contribution in [0.2, 0.25) is 5.02 Å². The van der Waals surface area contributed by atoms with Crippen LogP contribution in [0, 0.1) is 17.7 Å². The highest BCUT2D eigenvalue weighted by Crippen LogP contribution is 2.22. The van der Waals surface area contributed by atoms with Crippen molar-refractivity contribution in [2.75, 3.05) is 0 Å². The number of carbonyl (C=O) groups is 1. The molecule has 0 aliphatic heterocycles. The van der Waals surface area contributed by atoms with Gasteiger partial charge in [-0.2, -0.15) is 0 Å². The van der Waals surface area contributed by atoms with Crippen molar-refractivity contribution in [3.63, 3.8) is 0 Å². The van der Waals surface area contributed by atoms with Gasteiger partial charge in [0, 0.05) is 17.6 Å². The average Bonchev–Trinajstić information content (AvgIpc) is 2.45. The Hall–Kier alpha value is -2.38. The van der Waals surface area contributed by atoms with Crippen LogP contribution < -0.4 is 0 Å². The SMILES string of the molecule is O=C(O)C(CC#Cc1ncccc1F)c1cccc(Cl)c1. The summed E-state index contributed by atoms with van der Waals surface area (Å²) in [6.45, 7) is 0. The molecule has 0 spiro atoms. The number of halogens is 2. The molecule has 1 N–H and O–H groups in total. The second kappa shape index (κ2) is 6.87. The predicted molar refractivity (Wildman–Crippen MR) is 77.5 cm³/mol. The summed E-state index contributed by atoms with van der Waals surface area (Å²) in [5, 5.41) is 9.73. The van der Waals surface area contributed by atoms with Gasteiger partial charge >= 0.3 is 5.97 Å². The van der Waals surface area contributed by atoms with Crippen LogP contribution in [-0.2, 0) is 4.79 Å². The largest absolute Gasteiger partial charge is 0.481 e. The Balaban J connectivity index is 2.20. The zero-order valence-corrected chi connectivity index (χ0v) is 11.6. The van der Waals surface area contributed by atoms with Gasteiger partial charge in [-0.1, -0.05) is 29.7 Å². The first-order valence-corrected chi connectivity index (χ1v) is 6.53. The van der Waals surface area contributed by atoms with Gasteiger partial charge in [-0.25, -0.2) is 9.37 Å². The van der Waals surface area contributed by atoms with Gasteiger partial charge in [0.25, 0.3) is 0 Å². The number of rotatable bonds is 3. The highest BCUT2D eigenvalue weighted by Gasteiger charge is 2.18. The summed E-state index contributed by atoms with van der Waals surface area (Å²) in [5.41, 5.74) is 0.568. The first kappa shape index (κ1) is 15.0. The standard InChI is InChI=1S/C16H11ClFNO2/c17-12-5-1-4-11(10-12)13(16(20)21)6-2-8-15-14(18)7-3-9-19-15/h1,3-5,7,9-10,13H,6H2,(H,20,21). The number of carboxylic acids is 1. The zero-order valence-electron chi connectivity index (χ0n) is 10.9. The summed E-state index contributed by atoms with van der Waals surface area (Å²) in [7, 11) is 0. The normalized spacial score (nSPS) is 11.3. The van der Waals surface area contributed by atoms with E-state index in [4.69, 9.17) is 11.6 Å². The molecule has 1 aromatic carbocycles. The van der Waals surface area contributed by atoms with Gasteiger partial charge in [0.15, 0.2) is 5.82 Å². The van der Waals surface area contributed by atoms with Gasteiger partial charge < -0.3 is 5.11 Å². The third kappa shape index (κ3) is 4.04. The van der Waals surface area contributed by atoms with E-state index in [0.717, 1.165) is 0 Å². The van der Waals surface area contributed by atoms with Crippen LogP contribution in [0.25, 0.3) is 0 Å². The second-order valence-corrected chi connectivity index (χ2v) is 4.72. The molecule has 21 heavy (non-hydrogen) atoms. The summed E-state index contributed by atoms with van der Waals surface area (Å²) in [5.74, 6) is 2.86. The molecule has 0 aliphatic rings. The van der Waals surface area contributed by atoms with Gasteiger partial charge in [0.1, 0.15) is 5.69 Å². The van der Waals surface area contributed by atoms with Gasteiger partial charge in [0.2, 0.25) is 0 Å². The van der Waals surface area contributed by atoms with Crippen molar-refractivity contribution >= 4 is 17.6 Å². The van der Waals surface area contributed by atoms with Crippen molar-refractivity contribution < 1.29 is 14.3 Å². The molecule has 0 aliphatic carbocycles. The molecule has 106 valence electrons. The van der Waals surface area contributed by atoms with E-state index in [1.165, 1.54) is 18.3 Å². The van der Waals surface area contributed by atoms with Crippen molar-refractivity contribution in [3.8, 4) is 11.8 Å². The number of pyridine rings is 1. The molecule has 0 amide bonds. The molecule has 0 bridgehead atoms. The van der Waals surface area contributed by atoms with Gasteiger partial charge in [0.05, 0.1) is 5.92 Å². The van der Waals surface area contributed by atoms with E-state index < -0.39 is 17.7 Å². The first-order valence-electron chi connectivity index (χ1n) is 6.15. The monoisotopic (exact) mass is 303 g/mol. The number of hydrogen-bond acceptors (Lipinski definition) is 2. The minimum absolute atomic E-state index is 0.00716. The third-order valence-corrected chi connectivity index (χ3v) is 3.06. The Kier molecular flexibility index (Phi) is 4.91. The summed E-state index contributed by atoms with van der Waals surface area (Å²) < 4.78 is 13.3. The summed E-state index contributed by atoms with van der Waals surface area (Å²) in [6, 6.07) is 9.32. The van der Waals surface area contributed by atoms with Crippen LogP contribution in [0.4, 0.5) is 4.39 Å². The first-order chi connectivity index (χ1) is 10.1. The number of carboxylic acid groups (broad SMARTS) is 1. The van der Waals surface area contributed by atoms with Crippen LogP contribution in [-0.4, -0.2) is 16.1 Å². The van der Waals surface area contributed by atoms with E-state index in [0.29, 0.717) is 10.6 Å². The molecule has 3 nitrogen and oxygen atoms in total. The molecular formula is C16H11ClFNO2. The maximum absolute atomic E-state index is 13.3. The summed E-state index contributed by atoms with van der Waals surface area (Å²) in [6.07, 6.45) is 1.48. The molecule has 1 aromatic heterocycles. The fraction of sp³-hybridized carbons (Fsp3) is 0.125. The molecule has 0 fully saturated rings. The lowest BCUT2D eigenvalue weighted by molar-refractivity contribution is -0.138. The molecular weight excluding hydrogens is 293 g/mol. The number of nitrogens with zero attached hydrogens (tertiary/aromatic N) is 1. The molecule has 2 aromatic rings. The molecule has 1 atom stereocenters. The lowest BCUT2D eigenvalue weighted by Gasteiger charge is -2.09. The van der Waals surface area contributed by atoms with E-state index in [9.17, 15) is 14.3 Å². The van der Waals surface area contributed by atoms with Crippen molar-refractivity contribution in [1.29, 1.82) is 0 Å². The van der Waals surface area contributed by atoms with Gasteiger partial charge in [-0.05, 0) is 35.7 Å². The maximum atomic E-state index is 13.3. The van der Waals surface area contributed by atoms with Crippen LogP contribution >= 0.6 is 11.6 Å². The zero-order chi connectivity index (χ0) is 15.2. The van der Waals surface area contributed by atoms with E-state index >= 15 is 0 Å². The smallest absolute Gasteiger partial charge is 0.311 e. The van der Waals surface area contributed by atoms with E-state index in [2.05, 4.69) is 16.8 Å². The van der Waals surface area contributed by atoms with Crippen LogP contribution in [0.5, 0.6) is 0 Å². The molecule has 0 saturated heterocycles. The summed E-state index contributed by atoms with van der Waals surface area (Å²) in [4.78, 5) is 15.1. The van der Waals surface area contributed by atoms with Crippen molar-refractivity contribution in [2.45, 2.75) is 12.3 Å². The number of aliphatic carboxylic acids is 1. The molecule has 1 unspecified atom stereocenters. The maximum Gasteiger partial charge on any atom is 0.311 e. The molecule has 0 radical (unpaired) electrons. The number of aromatic nitrogens is 1. The van der Waals surface area contributed by atoms with Gasteiger partial charge in [-0.3, -0.25) is 4.79 Å². The Labute approximate surface area is 126 Å². The Morgan fingerprint density at radius 1 is 1.38 bits per heavy atom. The average molecular weight is 304 g/mol. The molecule has 2 rings (SSSR count). The highest BCUT2D eigenvalue weighted by molar-refractivity contribution is 6.30. The fourth-order valence-electron chi connectivity index (χ4n) is 1.79. The minimum Gasteiger partial charge on any atom is -0.481 e. The summed E-state index contributed by atoms with van der Waals surface area (Å²) >= 11 is 5.86. The Morgan fingerprint density at radius 3 is 2.86 bits per heavy atom. The molecule has 0 saturated carbocycles. The second-order valence-electron chi connectivity index (χ2n) is 4.29. The topological polar surface area (TPSA) is 50.2 Å². The Morgan fingerprint density at radius 2 is 2.19 bits per heavy atom. The van der Waals surface area contributed by atoms with E-state index in [1.807, 2.05) is 0 Å². The van der Waals surface area contributed by atoms with E-state index in [-0.39, 0.29) is 12.1 Å². The molecule has 1 heterocycles. The van der Waals surface area contributed by atoms with Crippen molar-refractivity contribution in [3.05, 3.63) is 64.7 Å². The van der Waals surface area contributed by atoms with E-state index in [1.54, 1.807) is 24.3 Å². The fourth-order valence-corrected chi connectivity index (χ4v) is 1.98. The van der Waals surface area contributed by atoms with Crippen LogP contribution in [0.1, 0.15) is 23.6 Å². The minimum atomic E-state index is -1.01. The van der Waals surface area contributed by atoms with Crippen LogP contribution in [0.15, 0.2) is 42.6 Å². The third-order valence-electron chi connectivity index (χ3n) is 2.82. The van der Waals surface area contributed by atoms with Crippen molar-refractivity contribution in [1.82, 2.24) is 4.98 Å². The number of hydrogen-bond donors (Lipinski definition) is 1. The molecule has 5 heteroatoms. The van der Waals surface area contributed by atoms with Gasteiger partial charge in [-0.15, -0.1) is 0 Å².